The highest BCUT2D eigenvalue weighted by atomic mass is 35.5. The van der Waals surface area contributed by atoms with Crippen molar-refractivity contribution in [3.05, 3.63) is 53.6 Å². The Bertz CT molecular complexity index is 611. The van der Waals surface area contributed by atoms with Gasteiger partial charge < -0.3 is 4.90 Å². The Labute approximate surface area is 144 Å². The van der Waals surface area contributed by atoms with Gasteiger partial charge in [0.2, 0.25) is 0 Å². The van der Waals surface area contributed by atoms with Gasteiger partial charge in [-0.1, -0.05) is 49.7 Å². The zero-order chi connectivity index (χ0) is 16.2. The van der Waals surface area contributed by atoms with E-state index in [1.165, 1.54) is 23.4 Å². The summed E-state index contributed by atoms with van der Waals surface area (Å²) in [7, 11) is 0. The van der Waals surface area contributed by atoms with E-state index in [9.17, 15) is 0 Å². The van der Waals surface area contributed by atoms with E-state index in [-0.39, 0.29) is 0 Å². The molecule has 1 saturated heterocycles. The van der Waals surface area contributed by atoms with Gasteiger partial charge in [-0.05, 0) is 41.3 Å². The fraction of sp³-hybridized carbons (Fsp3) is 0.400. The van der Waals surface area contributed by atoms with Gasteiger partial charge >= 0.3 is 0 Å². The number of nitrogens with zero attached hydrogens (tertiary/aromatic N) is 2. The first-order chi connectivity index (χ1) is 11.1. The summed E-state index contributed by atoms with van der Waals surface area (Å²) in [5.74, 6) is 0.750. The van der Waals surface area contributed by atoms with Crippen molar-refractivity contribution in [3.63, 3.8) is 0 Å². The first kappa shape index (κ1) is 16.4. The molecule has 0 bridgehead atoms. The Morgan fingerprint density at radius 1 is 0.826 bits per heavy atom. The van der Waals surface area contributed by atoms with Crippen molar-refractivity contribution in [1.82, 2.24) is 4.90 Å². The molecule has 3 rings (SSSR count). The molecule has 0 atom stereocenters. The highest BCUT2D eigenvalue weighted by Gasteiger charge is 2.17. The summed E-state index contributed by atoms with van der Waals surface area (Å²) in [5.41, 5.74) is 3.78. The molecule has 3 heteroatoms. The first-order valence-corrected chi connectivity index (χ1v) is 8.83. The number of benzene rings is 2. The summed E-state index contributed by atoms with van der Waals surface area (Å²) in [6.45, 7) is 10.4. The van der Waals surface area contributed by atoms with Gasteiger partial charge in [0.15, 0.2) is 0 Å². The first-order valence-electron chi connectivity index (χ1n) is 8.45. The van der Waals surface area contributed by atoms with Crippen LogP contribution in [0.5, 0.6) is 0 Å². The Balaban J connectivity index is 1.63. The second kappa shape index (κ2) is 7.37. The molecule has 1 heterocycles. The topological polar surface area (TPSA) is 6.48 Å². The van der Waals surface area contributed by atoms with Crippen molar-refractivity contribution in [2.24, 2.45) is 5.92 Å². The highest BCUT2D eigenvalue weighted by molar-refractivity contribution is 6.30. The predicted octanol–water partition coefficient (Wildman–Crippen LogP) is 4.79. The minimum Gasteiger partial charge on any atom is -0.369 e. The van der Waals surface area contributed by atoms with E-state index < -0.39 is 0 Å². The highest BCUT2D eigenvalue weighted by Crippen LogP contribution is 2.25. The average molecular weight is 329 g/mol. The van der Waals surface area contributed by atoms with Crippen LogP contribution in [0.15, 0.2) is 48.5 Å². The summed E-state index contributed by atoms with van der Waals surface area (Å²) >= 11 is 5.96. The maximum absolute atomic E-state index is 5.96. The smallest absolute Gasteiger partial charge is 0.0406 e. The number of halogens is 1. The zero-order valence-electron chi connectivity index (χ0n) is 14.0. The van der Waals surface area contributed by atoms with Gasteiger partial charge in [-0.15, -0.1) is 0 Å². The maximum Gasteiger partial charge on any atom is 0.0406 e. The van der Waals surface area contributed by atoms with Gasteiger partial charge in [0.1, 0.15) is 0 Å². The quantitative estimate of drug-likeness (QED) is 0.796. The van der Waals surface area contributed by atoms with Crippen LogP contribution in [0.1, 0.15) is 13.8 Å². The molecule has 2 aromatic carbocycles. The van der Waals surface area contributed by atoms with Gasteiger partial charge in [0.25, 0.3) is 0 Å². The molecular formula is C20H25ClN2. The van der Waals surface area contributed by atoms with Crippen molar-refractivity contribution in [2.75, 3.05) is 37.6 Å². The third kappa shape index (κ3) is 4.27. The molecular weight excluding hydrogens is 304 g/mol. The molecule has 0 amide bonds. The van der Waals surface area contributed by atoms with Gasteiger partial charge in [-0.2, -0.15) is 0 Å². The van der Waals surface area contributed by atoms with Crippen LogP contribution < -0.4 is 4.90 Å². The van der Waals surface area contributed by atoms with Crippen LogP contribution in [0.25, 0.3) is 11.1 Å². The SMILES string of the molecule is CC(C)CN1CCN(c2ccc(-c3ccc(Cl)cc3)cc2)CC1. The average Bonchev–Trinajstić information content (AvgIpc) is 2.56. The Morgan fingerprint density at radius 2 is 1.35 bits per heavy atom. The Kier molecular flexibility index (Phi) is 5.24. The predicted molar refractivity (Wildman–Crippen MR) is 100 cm³/mol. The lowest BCUT2D eigenvalue weighted by molar-refractivity contribution is 0.231. The summed E-state index contributed by atoms with van der Waals surface area (Å²) in [6, 6.07) is 16.9. The lowest BCUT2D eigenvalue weighted by Gasteiger charge is -2.36. The lowest BCUT2D eigenvalue weighted by Crippen LogP contribution is -2.47. The Hall–Kier alpha value is -1.51. The van der Waals surface area contributed by atoms with Crippen molar-refractivity contribution < 1.29 is 0 Å². The fourth-order valence-corrected chi connectivity index (χ4v) is 3.34. The number of hydrogen-bond acceptors (Lipinski definition) is 2. The third-order valence-corrected chi connectivity index (χ3v) is 4.66. The van der Waals surface area contributed by atoms with Gasteiger partial charge in [-0.3, -0.25) is 4.90 Å². The lowest BCUT2D eigenvalue weighted by atomic mass is 10.1. The molecule has 1 fully saturated rings. The minimum absolute atomic E-state index is 0.750. The van der Waals surface area contributed by atoms with Crippen LogP contribution in [-0.2, 0) is 0 Å². The molecule has 1 aliphatic rings. The molecule has 0 aliphatic carbocycles. The van der Waals surface area contributed by atoms with E-state index in [1.807, 2.05) is 12.1 Å². The molecule has 0 radical (unpaired) electrons. The second-order valence-electron chi connectivity index (χ2n) is 6.74. The van der Waals surface area contributed by atoms with Crippen LogP contribution >= 0.6 is 11.6 Å². The Morgan fingerprint density at radius 3 is 1.87 bits per heavy atom. The van der Waals surface area contributed by atoms with Crippen LogP contribution in [0.3, 0.4) is 0 Å². The third-order valence-electron chi connectivity index (χ3n) is 4.41. The van der Waals surface area contributed by atoms with Crippen molar-refractivity contribution in [2.45, 2.75) is 13.8 Å². The summed E-state index contributed by atoms with van der Waals surface area (Å²) in [5, 5.41) is 0.782. The van der Waals surface area contributed by atoms with Crippen LogP contribution in [0, 0.1) is 5.92 Å². The molecule has 0 unspecified atom stereocenters. The van der Waals surface area contributed by atoms with E-state index in [4.69, 9.17) is 11.6 Å². The standard InChI is InChI=1S/C20H25ClN2/c1-16(2)15-22-11-13-23(14-12-22)20-9-5-18(6-10-20)17-3-7-19(21)8-4-17/h3-10,16H,11-15H2,1-2H3. The van der Waals surface area contributed by atoms with E-state index in [0.29, 0.717) is 0 Å². The van der Waals surface area contributed by atoms with E-state index >= 15 is 0 Å². The monoisotopic (exact) mass is 328 g/mol. The number of hydrogen-bond donors (Lipinski definition) is 0. The van der Waals surface area contributed by atoms with E-state index in [2.05, 4.69) is 60.0 Å². The molecule has 2 nitrogen and oxygen atoms in total. The molecule has 0 aromatic heterocycles. The molecule has 0 saturated carbocycles. The molecule has 0 N–H and O–H groups in total. The summed E-state index contributed by atoms with van der Waals surface area (Å²) in [4.78, 5) is 5.06. The van der Waals surface area contributed by atoms with Gasteiger partial charge in [0, 0.05) is 43.4 Å². The number of piperazine rings is 1. The molecule has 122 valence electrons. The number of anilines is 1. The largest absolute Gasteiger partial charge is 0.369 e. The molecule has 23 heavy (non-hydrogen) atoms. The minimum atomic E-state index is 0.750. The second-order valence-corrected chi connectivity index (χ2v) is 7.17. The normalized spacial score (nSPS) is 16.1. The van der Waals surface area contributed by atoms with Gasteiger partial charge in [0.05, 0.1) is 0 Å². The summed E-state index contributed by atoms with van der Waals surface area (Å²) < 4.78 is 0. The van der Waals surface area contributed by atoms with Crippen molar-refractivity contribution in [3.8, 4) is 11.1 Å². The maximum atomic E-state index is 5.96. The number of rotatable bonds is 4. The zero-order valence-corrected chi connectivity index (χ0v) is 14.8. The van der Waals surface area contributed by atoms with E-state index in [1.54, 1.807) is 0 Å². The van der Waals surface area contributed by atoms with Crippen molar-refractivity contribution in [1.29, 1.82) is 0 Å². The molecule has 2 aromatic rings. The van der Waals surface area contributed by atoms with Gasteiger partial charge in [-0.25, -0.2) is 0 Å². The van der Waals surface area contributed by atoms with Crippen LogP contribution in [0.2, 0.25) is 5.02 Å². The van der Waals surface area contributed by atoms with Crippen molar-refractivity contribution >= 4 is 17.3 Å². The fourth-order valence-electron chi connectivity index (χ4n) is 3.21. The molecule has 1 aliphatic heterocycles. The van der Waals surface area contributed by atoms with Crippen LogP contribution in [0.4, 0.5) is 5.69 Å². The van der Waals surface area contributed by atoms with Crippen LogP contribution in [-0.4, -0.2) is 37.6 Å². The summed E-state index contributed by atoms with van der Waals surface area (Å²) in [6.07, 6.45) is 0. The molecule has 0 spiro atoms. The van der Waals surface area contributed by atoms with E-state index in [0.717, 1.165) is 37.1 Å².